The van der Waals surface area contributed by atoms with Crippen LogP contribution >= 0.6 is 0 Å². The van der Waals surface area contributed by atoms with E-state index in [1.165, 1.54) is 5.56 Å². The minimum Gasteiger partial charge on any atom is -0.508 e. The van der Waals surface area contributed by atoms with Crippen LogP contribution in [0.3, 0.4) is 0 Å². The zero-order valence-corrected chi connectivity index (χ0v) is 15.1. The fraction of sp³-hybridized carbons (Fsp3) is 0.632. The molecule has 0 atom stereocenters. The highest BCUT2D eigenvalue weighted by molar-refractivity contribution is 5.78. The first-order valence-corrected chi connectivity index (χ1v) is 8.79. The molecule has 5 heteroatoms. The van der Waals surface area contributed by atoms with Gasteiger partial charge in [-0.25, -0.2) is 0 Å². The number of ether oxygens (including phenoxy) is 1. The van der Waals surface area contributed by atoms with Crippen LogP contribution in [0.15, 0.2) is 12.1 Å². The summed E-state index contributed by atoms with van der Waals surface area (Å²) in [6.45, 7) is 7.97. The highest BCUT2D eigenvalue weighted by atomic mass is 16.5. The molecule has 1 saturated heterocycles. The summed E-state index contributed by atoms with van der Waals surface area (Å²) in [4.78, 5) is 14.5. The lowest BCUT2D eigenvalue weighted by Crippen LogP contribution is -2.40. The average Bonchev–Trinajstić information content (AvgIpc) is 2.57. The minimum absolute atomic E-state index is 0.108. The zero-order valence-electron chi connectivity index (χ0n) is 15.1. The van der Waals surface area contributed by atoms with Crippen LogP contribution in [0.2, 0.25) is 0 Å². The van der Waals surface area contributed by atoms with Crippen LogP contribution in [0.1, 0.15) is 36.0 Å². The smallest absolute Gasteiger partial charge is 0.223 e. The molecule has 134 valence electrons. The minimum atomic E-state index is 0.108. The lowest BCUT2D eigenvalue weighted by Gasteiger charge is -2.31. The molecule has 24 heavy (non-hydrogen) atoms. The van der Waals surface area contributed by atoms with E-state index in [2.05, 4.69) is 23.2 Å². The van der Waals surface area contributed by atoms with Crippen LogP contribution in [0.5, 0.6) is 5.75 Å². The largest absolute Gasteiger partial charge is 0.508 e. The van der Waals surface area contributed by atoms with Crippen molar-refractivity contribution in [3.05, 3.63) is 28.8 Å². The quantitative estimate of drug-likeness (QED) is 0.752. The number of aromatic hydroxyl groups is 1. The summed E-state index contributed by atoms with van der Waals surface area (Å²) in [6, 6.07) is 3.91. The van der Waals surface area contributed by atoms with Gasteiger partial charge in [0.2, 0.25) is 5.91 Å². The first kappa shape index (κ1) is 18.7. The van der Waals surface area contributed by atoms with Crippen molar-refractivity contribution in [2.45, 2.75) is 39.7 Å². The number of carbonyl (C=O) groups excluding carboxylic acids is 1. The number of nitrogens with zero attached hydrogens (tertiary/aromatic N) is 1. The normalized spacial score (nSPS) is 16.3. The Morgan fingerprint density at radius 2 is 1.96 bits per heavy atom. The van der Waals surface area contributed by atoms with E-state index in [1.54, 1.807) is 7.11 Å². The Labute approximate surface area is 145 Å². The number of hydrogen-bond acceptors (Lipinski definition) is 4. The lowest BCUT2D eigenvalue weighted by molar-refractivity contribution is -0.126. The van der Waals surface area contributed by atoms with Gasteiger partial charge in [-0.3, -0.25) is 9.69 Å². The molecule has 2 N–H and O–H groups in total. The third-order valence-corrected chi connectivity index (χ3v) is 4.87. The SMILES string of the molecule is COCCCNC(=O)C1CCN(Cc2cc(C)c(C)cc2O)CC1. The third-order valence-electron chi connectivity index (χ3n) is 4.87. The van der Waals surface area contributed by atoms with Gasteiger partial charge in [0.05, 0.1) is 0 Å². The van der Waals surface area contributed by atoms with E-state index in [-0.39, 0.29) is 11.8 Å². The summed E-state index contributed by atoms with van der Waals surface area (Å²) in [7, 11) is 1.67. The number of likely N-dealkylation sites (tertiary alicyclic amines) is 1. The predicted molar refractivity (Wildman–Crippen MR) is 95.1 cm³/mol. The maximum absolute atomic E-state index is 12.2. The molecule has 1 aromatic carbocycles. The molecular weight excluding hydrogens is 304 g/mol. The lowest BCUT2D eigenvalue weighted by atomic mass is 9.95. The van der Waals surface area contributed by atoms with E-state index in [9.17, 15) is 9.90 Å². The number of hydrogen-bond donors (Lipinski definition) is 2. The molecule has 5 nitrogen and oxygen atoms in total. The summed E-state index contributed by atoms with van der Waals surface area (Å²) in [5.74, 6) is 0.646. The molecule has 0 unspecified atom stereocenters. The number of benzene rings is 1. The molecule has 1 fully saturated rings. The van der Waals surface area contributed by atoms with Crippen molar-refractivity contribution in [3.8, 4) is 5.75 Å². The molecule has 2 rings (SSSR count). The van der Waals surface area contributed by atoms with E-state index in [0.29, 0.717) is 18.9 Å². The van der Waals surface area contributed by atoms with Gasteiger partial charge >= 0.3 is 0 Å². The summed E-state index contributed by atoms with van der Waals surface area (Å²) >= 11 is 0. The zero-order chi connectivity index (χ0) is 17.5. The van der Waals surface area contributed by atoms with Crippen LogP contribution in [-0.4, -0.2) is 49.3 Å². The first-order valence-electron chi connectivity index (χ1n) is 8.79. The fourth-order valence-electron chi connectivity index (χ4n) is 3.15. The van der Waals surface area contributed by atoms with E-state index in [1.807, 2.05) is 13.0 Å². The molecule has 1 amide bonds. The van der Waals surface area contributed by atoms with E-state index in [4.69, 9.17) is 4.74 Å². The Kier molecular flexibility index (Phi) is 7.06. The standard InChI is InChI=1S/C19H30N2O3/c1-14-11-17(18(22)12-15(14)2)13-21-8-5-16(6-9-21)19(23)20-7-4-10-24-3/h11-12,16,22H,4-10,13H2,1-3H3,(H,20,23). The maximum atomic E-state index is 12.2. The van der Waals surface area contributed by atoms with Gasteiger partial charge in [-0.15, -0.1) is 0 Å². The van der Waals surface area contributed by atoms with Crippen molar-refractivity contribution in [3.63, 3.8) is 0 Å². The monoisotopic (exact) mass is 334 g/mol. The molecule has 0 aromatic heterocycles. The molecule has 0 radical (unpaired) electrons. The van der Waals surface area contributed by atoms with Crippen molar-refractivity contribution in [1.82, 2.24) is 10.2 Å². The highest BCUT2D eigenvalue weighted by Gasteiger charge is 2.25. The first-order chi connectivity index (χ1) is 11.5. The second-order valence-electron chi connectivity index (χ2n) is 6.75. The van der Waals surface area contributed by atoms with Crippen molar-refractivity contribution < 1.29 is 14.6 Å². The number of methoxy groups -OCH3 is 1. The Bertz CT molecular complexity index is 552. The molecule has 0 aliphatic carbocycles. The maximum Gasteiger partial charge on any atom is 0.223 e. The Morgan fingerprint density at radius 1 is 1.29 bits per heavy atom. The average molecular weight is 334 g/mol. The predicted octanol–water partition coefficient (Wildman–Crippen LogP) is 2.37. The van der Waals surface area contributed by atoms with Crippen LogP contribution in [0.25, 0.3) is 0 Å². The number of rotatable bonds is 7. The van der Waals surface area contributed by atoms with Gasteiger partial charge in [0.15, 0.2) is 0 Å². The molecule has 1 heterocycles. The molecule has 1 aromatic rings. The number of phenols is 1. The van der Waals surface area contributed by atoms with Gasteiger partial charge in [0.25, 0.3) is 0 Å². The van der Waals surface area contributed by atoms with Gasteiger partial charge in [0, 0.05) is 38.3 Å². The molecule has 0 spiro atoms. The van der Waals surface area contributed by atoms with E-state index in [0.717, 1.165) is 50.0 Å². The van der Waals surface area contributed by atoms with Gasteiger partial charge in [-0.1, -0.05) is 6.07 Å². The van der Waals surface area contributed by atoms with Gasteiger partial charge in [0.1, 0.15) is 5.75 Å². The molecule has 1 aliphatic rings. The summed E-state index contributed by atoms with van der Waals surface area (Å²) < 4.78 is 4.99. The third kappa shape index (κ3) is 5.21. The second kappa shape index (κ2) is 9.04. The van der Waals surface area contributed by atoms with Crippen molar-refractivity contribution in [2.75, 3.05) is 33.4 Å². The number of amides is 1. The molecule has 0 saturated carbocycles. The van der Waals surface area contributed by atoms with Crippen LogP contribution in [0.4, 0.5) is 0 Å². The topological polar surface area (TPSA) is 61.8 Å². The van der Waals surface area contributed by atoms with Crippen molar-refractivity contribution in [2.24, 2.45) is 5.92 Å². The van der Waals surface area contributed by atoms with Gasteiger partial charge in [-0.2, -0.15) is 0 Å². The summed E-state index contributed by atoms with van der Waals surface area (Å²) in [6.07, 6.45) is 2.61. The Morgan fingerprint density at radius 3 is 2.62 bits per heavy atom. The van der Waals surface area contributed by atoms with Gasteiger partial charge < -0.3 is 15.2 Å². The van der Waals surface area contributed by atoms with Crippen LogP contribution < -0.4 is 5.32 Å². The van der Waals surface area contributed by atoms with Crippen LogP contribution in [-0.2, 0) is 16.1 Å². The summed E-state index contributed by atoms with van der Waals surface area (Å²) in [5, 5.41) is 13.1. The second-order valence-corrected chi connectivity index (χ2v) is 6.75. The number of piperidine rings is 1. The van der Waals surface area contributed by atoms with Crippen molar-refractivity contribution in [1.29, 1.82) is 0 Å². The van der Waals surface area contributed by atoms with E-state index >= 15 is 0 Å². The number of phenolic OH excluding ortho intramolecular Hbond substituents is 1. The molecule has 1 aliphatic heterocycles. The Hall–Kier alpha value is -1.59. The highest BCUT2D eigenvalue weighted by Crippen LogP contribution is 2.25. The number of carbonyl (C=O) groups is 1. The van der Waals surface area contributed by atoms with E-state index < -0.39 is 0 Å². The van der Waals surface area contributed by atoms with Crippen molar-refractivity contribution >= 4 is 5.91 Å². The van der Waals surface area contributed by atoms with Crippen LogP contribution in [0, 0.1) is 19.8 Å². The number of aryl methyl sites for hydroxylation is 2. The van der Waals surface area contributed by atoms with Gasteiger partial charge in [-0.05, 0) is 63.4 Å². The summed E-state index contributed by atoms with van der Waals surface area (Å²) in [5.41, 5.74) is 3.29. The Balaban J connectivity index is 1.78. The number of nitrogens with one attached hydrogen (secondary N) is 1. The molecular formula is C19H30N2O3. The fourth-order valence-corrected chi connectivity index (χ4v) is 3.15. The molecule has 0 bridgehead atoms.